The molecule has 1 aromatic carbocycles. The second-order valence-electron chi connectivity index (χ2n) is 2.51. The molecule has 0 radical (unpaired) electrons. The fourth-order valence-corrected chi connectivity index (χ4v) is 1.98. The number of fused-ring (bicyclic) bond motifs is 3. The minimum Gasteiger partial charge on any atom is -0.442 e. The van der Waals surface area contributed by atoms with Crippen molar-refractivity contribution in [2.24, 2.45) is 0 Å². The lowest BCUT2D eigenvalue weighted by molar-refractivity contribution is 0.605. The van der Waals surface area contributed by atoms with Gasteiger partial charge in [-0.1, -0.05) is 0 Å². The summed E-state index contributed by atoms with van der Waals surface area (Å²) in [5.74, 6) is 0. The third kappa shape index (κ3) is 0.648. The van der Waals surface area contributed by atoms with Crippen molar-refractivity contribution in [1.29, 1.82) is 0 Å². The molecule has 0 bridgehead atoms. The molecular formula is C8H4N2OS. The third-order valence-corrected chi connectivity index (χ3v) is 2.63. The van der Waals surface area contributed by atoms with Crippen LogP contribution in [-0.4, -0.2) is 9.36 Å². The fraction of sp³-hybridized carbons (Fsp3) is 0. The van der Waals surface area contributed by atoms with Crippen LogP contribution < -0.4 is 0 Å². The molecule has 2 heterocycles. The van der Waals surface area contributed by atoms with Crippen LogP contribution >= 0.6 is 11.5 Å². The second-order valence-corrected chi connectivity index (χ2v) is 3.31. The van der Waals surface area contributed by atoms with E-state index in [0.29, 0.717) is 0 Å². The van der Waals surface area contributed by atoms with Crippen molar-refractivity contribution >= 4 is 32.7 Å². The van der Waals surface area contributed by atoms with Gasteiger partial charge in [0.25, 0.3) is 0 Å². The Balaban J connectivity index is 2.71. The Labute approximate surface area is 71.8 Å². The van der Waals surface area contributed by atoms with Gasteiger partial charge >= 0.3 is 0 Å². The van der Waals surface area contributed by atoms with E-state index in [1.165, 1.54) is 17.9 Å². The van der Waals surface area contributed by atoms with Gasteiger partial charge in [0.15, 0.2) is 12.0 Å². The maximum absolute atomic E-state index is 5.25. The molecule has 0 atom stereocenters. The monoisotopic (exact) mass is 176 g/mol. The van der Waals surface area contributed by atoms with E-state index in [-0.39, 0.29) is 0 Å². The van der Waals surface area contributed by atoms with Gasteiger partial charge in [0.05, 0.1) is 4.70 Å². The van der Waals surface area contributed by atoms with E-state index in [0.717, 1.165) is 21.2 Å². The number of aromatic nitrogens is 2. The summed E-state index contributed by atoms with van der Waals surface area (Å²) < 4.78 is 10.4. The maximum Gasteiger partial charge on any atom is 0.182 e. The summed E-state index contributed by atoms with van der Waals surface area (Å²) in [5.41, 5.74) is 1.74. The van der Waals surface area contributed by atoms with Gasteiger partial charge in [0, 0.05) is 11.6 Å². The van der Waals surface area contributed by atoms with Crippen LogP contribution in [-0.2, 0) is 0 Å². The molecule has 12 heavy (non-hydrogen) atoms. The van der Waals surface area contributed by atoms with Crippen molar-refractivity contribution in [3.8, 4) is 0 Å². The average molecular weight is 176 g/mol. The molecule has 3 rings (SSSR count). The molecule has 58 valence electrons. The van der Waals surface area contributed by atoms with Crippen molar-refractivity contribution in [3.63, 3.8) is 0 Å². The number of rotatable bonds is 0. The van der Waals surface area contributed by atoms with Crippen LogP contribution in [0.5, 0.6) is 0 Å². The van der Waals surface area contributed by atoms with Crippen LogP contribution in [0.2, 0.25) is 0 Å². The van der Waals surface area contributed by atoms with Crippen molar-refractivity contribution in [2.45, 2.75) is 0 Å². The van der Waals surface area contributed by atoms with Gasteiger partial charge in [-0.3, -0.25) is 0 Å². The highest BCUT2D eigenvalue weighted by atomic mass is 32.1. The van der Waals surface area contributed by atoms with E-state index >= 15 is 0 Å². The molecule has 0 saturated heterocycles. The van der Waals surface area contributed by atoms with Crippen LogP contribution in [0.4, 0.5) is 0 Å². The summed E-state index contributed by atoms with van der Waals surface area (Å²) in [7, 11) is 0. The maximum atomic E-state index is 5.25. The molecule has 3 nitrogen and oxygen atoms in total. The third-order valence-electron chi connectivity index (χ3n) is 1.82. The van der Waals surface area contributed by atoms with Gasteiger partial charge in [-0.2, -0.15) is 4.37 Å². The molecule has 0 unspecified atom stereocenters. The molecule has 4 heteroatoms. The Morgan fingerprint density at radius 1 is 1.33 bits per heavy atom. The van der Waals surface area contributed by atoms with E-state index in [9.17, 15) is 0 Å². The summed E-state index contributed by atoms with van der Waals surface area (Å²) in [6.45, 7) is 0. The van der Waals surface area contributed by atoms with Gasteiger partial charge in [-0.05, 0) is 23.7 Å². The zero-order valence-electron chi connectivity index (χ0n) is 6.02. The number of nitrogens with zero attached hydrogens (tertiary/aromatic N) is 2. The van der Waals surface area contributed by atoms with Gasteiger partial charge in [-0.25, -0.2) is 4.98 Å². The first kappa shape index (κ1) is 6.14. The molecule has 2 aromatic heterocycles. The lowest BCUT2D eigenvalue weighted by Gasteiger charge is -1.86. The molecule has 0 aliphatic heterocycles. The zero-order valence-corrected chi connectivity index (χ0v) is 6.84. The van der Waals surface area contributed by atoms with E-state index in [1.807, 2.05) is 18.3 Å². The lowest BCUT2D eigenvalue weighted by atomic mass is 10.2. The first-order chi connectivity index (χ1) is 5.95. The van der Waals surface area contributed by atoms with Crippen LogP contribution in [0, 0.1) is 0 Å². The molecular weight excluding hydrogens is 172 g/mol. The summed E-state index contributed by atoms with van der Waals surface area (Å²) in [6, 6.07) is 3.94. The molecule has 0 spiro atoms. The summed E-state index contributed by atoms with van der Waals surface area (Å²) in [4.78, 5) is 4.06. The van der Waals surface area contributed by atoms with Gasteiger partial charge in [0.1, 0.15) is 5.52 Å². The van der Waals surface area contributed by atoms with E-state index < -0.39 is 0 Å². The minimum absolute atomic E-state index is 0.843. The van der Waals surface area contributed by atoms with Gasteiger partial charge < -0.3 is 4.42 Å². The minimum atomic E-state index is 0.843. The van der Waals surface area contributed by atoms with Gasteiger partial charge in [-0.15, -0.1) is 0 Å². The van der Waals surface area contributed by atoms with Gasteiger partial charge in [0.2, 0.25) is 0 Å². The predicted octanol–water partition coefficient (Wildman–Crippen LogP) is 2.44. The highest BCUT2D eigenvalue weighted by Crippen LogP contribution is 2.26. The highest BCUT2D eigenvalue weighted by Gasteiger charge is 2.05. The molecule has 0 aliphatic rings. The van der Waals surface area contributed by atoms with Crippen LogP contribution in [0.25, 0.3) is 21.2 Å². The van der Waals surface area contributed by atoms with E-state index in [2.05, 4.69) is 9.36 Å². The molecule has 0 N–H and O–H groups in total. The highest BCUT2D eigenvalue weighted by molar-refractivity contribution is 7.14. The largest absolute Gasteiger partial charge is 0.442 e. The summed E-state index contributed by atoms with van der Waals surface area (Å²) >= 11 is 1.44. The first-order valence-corrected chi connectivity index (χ1v) is 4.29. The van der Waals surface area contributed by atoms with Crippen molar-refractivity contribution in [3.05, 3.63) is 24.7 Å². The SMILES string of the molecule is c1nc2ccc3cnsc3c2o1. The Kier molecular flexibility index (Phi) is 1.04. The Hall–Kier alpha value is -1.42. The Bertz CT molecular complexity index is 490. The molecule has 0 fully saturated rings. The molecule has 0 aliphatic carbocycles. The molecule has 3 aromatic rings. The number of hydrogen-bond donors (Lipinski definition) is 0. The molecule has 0 saturated carbocycles. The van der Waals surface area contributed by atoms with E-state index in [1.54, 1.807) is 0 Å². The van der Waals surface area contributed by atoms with Crippen LogP contribution in [0.3, 0.4) is 0 Å². The fourth-order valence-electron chi connectivity index (χ4n) is 1.25. The summed E-state index contributed by atoms with van der Waals surface area (Å²) in [6.07, 6.45) is 3.30. The Morgan fingerprint density at radius 3 is 3.33 bits per heavy atom. The summed E-state index contributed by atoms with van der Waals surface area (Å²) in [5, 5.41) is 1.12. The van der Waals surface area contributed by atoms with Crippen molar-refractivity contribution in [2.75, 3.05) is 0 Å². The topological polar surface area (TPSA) is 38.9 Å². The van der Waals surface area contributed by atoms with Crippen molar-refractivity contribution in [1.82, 2.24) is 9.36 Å². The smallest absolute Gasteiger partial charge is 0.182 e. The van der Waals surface area contributed by atoms with E-state index in [4.69, 9.17) is 4.42 Å². The Morgan fingerprint density at radius 2 is 2.33 bits per heavy atom. The quantitative estimate of drug-likeness (QED) is 0.528. The average Bonchev–Trinajstić information content (AvgIpc) is 2.71. The van der Waals surface area contributed by atoms with Crippen molar-refractivity contribution < 1.29 is 4.42 Å². The zero-order chi connectivity index (χ0) is 7.97. The lowest BCUT2D eigenvalue weighted by Crippen LogP contribution is -1.66. The molecule has 0 amide bonds. The normalized spacial score (nSPS) is 11.3. The number of hydrogen-bond acceptors (Lipinski definition) is 4. The number of oxazole rings is 1. The van der Waals surface area contributed by atoms with Crippen LogP contribution in [0.15, 0.2) is 29.1 Å². The second kappa shape index (κ2) is 2.04. The standard InChI is InChI=1S/C8H4N2OS/c1-2-6-7(11-4-9-6)8-5(1)3-10-12-8/h1-4H. The number of benzene rings is 1. The van der Waals surface area contributed by atoms with Crippen LogP contribution in [0.1, 0.15) is 0 Å². The predicted molar refractivity (Wildman–Crippen MR) is 47.2 cm³/mol. The first-order valence-electron chi connectivity index (χ1n) is 3.52.